The van der Waals surface area contributed by atoms with Gasteiger partial charge in [0.25, 0.3) is 5.69 Å². The molecule has 21 heavy (non-hydrogen) atoms. The van der Waals surface area contributed by atoms with E-state index in [1.54, 1.807) is 0 Å². The Morgan fingerprint density at radius 3 is 2.67 bits per heavy atom. The number of non-ortho nitro benzene ring substituents is 1. The number of halogens is 3. The van der Waals surface area contributed by atoms with Crippen LogP contribution in [-0.2, 0) is 0 Å². The van der Waals surface area contributed by atoms with E-state index in [2.05, 4.69) is 26.3 Å². The fourth-order valence-electron chi connectivity index (χ4n) is 1.41. The van der Waals surface area contributed by atoms with E-state index in [1.165, 1.54) is 24.3 Å². The molecular weight excluding hydrogens is 387 g/mol. The summed E-state index contributed by atoms with van der Waals surface area (Å²) in [5, 5.41) is 11.1. The van der Waals surface area contributed by atoms with Crippen LogP contribution in [-0.4, -0.2) is 9.91 Å². The number of nitrogens with one attached hydrogen (secondary N) is 1. The van der Waals surface area contributed by atoms with Crippen LogP contribution in [0, 0.1) is 10.1 Å². The van der Waals surface area contributed by atoms with Crippen molar-refractivity contribution in [2.24, 2.45) is 5.84 Å². The summed E-state index contributed by atoms with van der Waals surface area (Å²) in [6.07, 6.45) is 0. The van der Waals surface area contributed by atoms with Gasteiger partial charge in [-0.3, -0.25) is 10.1 Å². The molecule has 10 heteroatoms. The first-order valence-corrected chi connectivity index (χ1v) is 6.91. The zero-order valence-corrected chi connectivity index (χ0v) is 13.2. The first-order valence-electron chi connectivity index (χ1n) is 5.37. The van der Waals surface area contributed by atoms with Gasteiger partial charge in [0.15, 0.2) is 11.6 Å². The van der Waals surface area contributed by atoms with Crippen molar-refractivity contribution in [1.29, 1.82) is 0 Å². The molecular formula is C11H7BrCl2N4O3. The Bertz CT molecular complexity index is 714. The molecule has 110 valence electrons. The lowest BCUT2D eigenvalue weighted by atomic mass is 10.3. The third kappa shape index (κ3) is 3.53. The third-order valence-corrected chi connectivity index (χ3v) is 3.58. The molecule has 1 aromatic heterocycles. The van der Waals surface area contributed by atoms with Gasteiger partial charge in [-0.1, -0.05) is 23.2 Å². The highest BCUT2D eigenvalue weighted by molar-refractivity contribution is 9.10. The number of rotatable bonds is 4. The van der Waals surface area contributed by atoms with Gasteiger partial charge in [-0.15, -0.1) is 0 Å². The molecule has 0 aliphatic carbocycles. The summed E-state index contributed by atoms with van der Waals surface area (Å²) in [5.41, 5.74) is 2.16. The van der Waals surface area contributed by atoms with E-state index in [-0.39, 0.29) is 33.2 Å². The lowest BCUT2D eigenvalue weighted by molar-refractivity contribution is -0.384. The van der Waals surface area contributed by atoms with Crippen molar-refractivity contribution in [2.75, 3.05) is 5.43 Å². The molecule has 3 N–H and O–H groups in total. The number of hydrogen-bond donors (Lipinski definition) is 2. The molecule has 0 fully saturated rings. The van der Waals surface area contributed by atoms with Crippen LogP contribution >= 0.6 is 39.1 Å². The fraction of sp³-hybridized carbons (Fsp3) is 0. The summed E-state index contributed by atoms with van der Waals surface area (Å²) < 4.78 is 5.98. The second kappa shape index (κ2) is 6.44. The molecule has 2 rings (SSSR count). The number of aromatic nitrogens is 1. The minimum atomic E-state index is -0.539. The number of hydrazine groups is 1. The zero-order chi connectivity index (χ0) is 15.6. The monoisotopic (exact) mass is 392 g/mol. The van der Waals surface area contributed by atoms with Crippen LogP contribution in [0.1, 0.15) is 0 Å². The van der Waals surface area contributed by atoms with Crippen molar-refractivity contribution in [3.63, 3.8) is 0 Å². The quantitative estimate of drug-likeness (QED) is 0.459. The fourth-order valence-corrected chi connectivity index (χ4v) is 2.19. The third-order valence-electron chi connectivity index (χ3n) is 2.37. The minimum Gasteiger partial charge on any atom is -0.436 e. The van der Waals surface area contributed by atoms with Gasteiger partial charge in [0.05, 0.1) is 20.5 Å². The van der Waals surface area contributed by atoms with Gasteiger partial charge in [-0.25, -0.2) is 5.84 Å². The predicted molar refractivity (Wildman–Crippen MR) is 82.9 cm³/mol. The van der Waals surface area contributed by atoms with E-state index < -0.39 is 4.92 Å². The number of nitro groups is 1. The van der Waals surface area contributed by atoms with Gasteiger partial charge in [-0.2, -0.15) is 4.98 Å². The number of anilines is 1. The topological polar surface area (TPSA) is 103 Å². The number of nitrogens with zero attached hydrogens (tertiary/aromatic N) is 2. The Kier molecular flexibility index (Phi) is 4.84. The van der Waals surface area contributed by atoms with Crippen LogP contribution in [0.2, 0.25) is 10.0 Å². The first-order chi connectivity index (χ1) is 9.92. The van der Waals surface area contributed by atoms with Gasteiger partial charge >= 0.3 is 0 Å². The summed E-state index contributed by atoms with van der Waals surface area (Å²) in [7, 11) is 0. The normalized spacial score (nSPS) is 10.3. The van der Waals surface area contributed by atoms with Crippen LogP contribution in [0.4, 0.5) is 11.5 Å². The van der Waals surface area contributed by atoms with E-state index in [0.29, 0.717) is 4.47 Å². The molecule has 7 nitrogen and oxygen atoms in total. The Balaban J connectivity index is 2.42. The molecule has 0 amide bonds. The largest absolute Gasteiger partial charge is 0.436 e. The maximum absolute atomic E-state index is 10.8. The maximum atomic E-state index is 10.8. The van der Waals surface area contributed by atoms with Crippen molar-refractivity contribution >= 4 is 50.6 Å². The van der Waals surface area contributed by atoms with Crippen LogP contribution in [0.25, 0.3) is 0 Å². The Labute approximate surface area is 137 Å². The van der Waals surface area contributed by atoms with Crippen LogP contribution in [0.15, 0.2) is 28.7 Å². The highest BCUT2D eigenvalue weighted by Gasteiger charge is 2.15. The number of pyridine rings is 1. The zero-order valence-electron chi connectivity index (χ0n) is 10.1. The van der Waals surface area contributed by atoms with Gasteiger partial charge in [-0.05, 0) is 28.1 Å². The van der Waals surface area contributed by atoms with Crippen LogP contribution in [0.5, 0.6) is 11.6 Å². The molecule has 0 saturated carbocycles. The molecule has 0 bridgehead atoms. The molecule has 0 aliphatic rings. The number of nitrogens with two attached hydrogens (primary N) is 1. The van der Waals surface area contributed by atoms with Crippen molar-refractivity contribution in [1.82, 2.24) is 4.98 Å². The lowest BCUT2D eigenvalue weighted by Crippen LogP contribution is -2.09. The number of ether oxygens (including phenoxy) is 1. The molecule has 1 heterocycles. The molecule has 0 saturated heterocycles. The Morgan fingerprint density at radius 1 is 1.33 bits per heavy atom. The smallest absolute Gasteiger partial charge is 0.273 e. The van der Waals surface area contributed by atoms with E-state index in [1.807, 2.05) is 0 Å². The lowest BCUT2D eigenvalue weighted by Gasteiger charge is -2.10. The molecule has 0 radical (unpaired) electrons. The second-order valence-corrected chi connectivity index (χ2v) is 5.39. The van der Waals surface area contributed by atoms with Crippen LogP contribution < -0.4 is 16.0 Å². The average Bonchev–Trinajstić information content (AvgIpc) is 2.43. The van der Waals surface area contributed by atoms with E-state index >= 15 is 0 Å². The first kappa shape index (κ1) is 15.8. The van der Waals surface area contributed by atoms with E-state index in [9.17, 15) is 10.1 Å². The van der Waals surface area contributed by atoms with E-state index in [4.69, 9.17) is 33.8 Å². The number of nitrogen functional groups attached to an aromatic ring is 1. The van der Waals surface area contributed by atoms with E-state index in [0.717, 1.165) is 0 Å². The second-order valence-electron chi connectivity index (χ2n) is 3.72. The minimum absolute atomic E-state index is 0.00946. The highest BCUT2D eigenvalue weighted by atomic mass is 79.9. The van der Waals surface area contributed by atoms with Crippen molar-refractivity contribution < 1.29 is 9.66 Å². The Morgan fingerprint density at radius 2 is 2.05 bits per heavy atom. The molecule has 2 aromatic rings. The van der Waals surface area contributed by atoms with Gasteiger partial charge in [0, 0.05) is 6.07 Å². The standard InChI is InChI=1S/C11H7BrCl2N4O3/c12-6-2-1-5(18(19)20)3-9(6)21-11-8(14)4-7(13)10(16-11)17-15/h1-4H,15H2,(H,16,17). The molecule has 0 spiro atoms. The molecule has 1 aromatic carbocycles. The number of benzene rings is 1. The molecule has 0 atom stereocenters. The molecule has 0 aliphatic heterocycles. The number of hydrogen-bond acceptors (Lipinski definition) is 6. The van der Waals surface area contributed by atoms with Crippen molar-refractivity contribution in [3.8, 4) is 11.6 Å². The SMILES string of the molecule is NNc1nc(Oc2cc([N+](=O)[O-])ccc2Br)c(Cl)cc1Cl. The average molecular weight is 394 g/mol. The number of nitro benzene ring substituents is 1. The van der Waals surface area contributed by atoms with Crippen molar-refractivity contribution in [3.05, 3.63) is 48.9 Å². The van der Waals surface area contributed by atoms with Crippen molar-refractivity contribution in [2.45, 2.75) is 0 Å². The van der Waals surface area contributed by atoms with Gasteiger partial charge in [0.1, 0.15) is 5.02 Å². The van der Waals surface area contributed by atoms with Crippen LogP contribution in [0.3, 0.4) is 0 Å². The summed E-state index contributed by atoms with van der Waals surface area (Å²) >= 11 is 15.1. The summed E-state index contributed by atoms with van der Waals surface area (Å²) in [4.78, 5) is 14.2. The van der Waals surface area contributed by atoms with Gasteiger partial charge in [0.2, 0.25) is 5.88 Å². The Hall–Kier alpha value is -1.61. The predicted octanol–water partition coefficient (Wildman–Crippen LogP) is 4.14. The highest BCUT2D eigenvalue weighted by Crippen LogP contribution is 2.37. The summed E-state index contributed by atoms with van der Waals surface area (Å²) in [6.45, 7) is 0. The molecule has 0 unspecified atom stereocenters. The van der Waals surface area contributed by atoms with Gasteiger partial charge < -0.3 is 10.2 Å². The summed E-state index contributed by atoms with van der Waals surface area (Å²) in [5.74, 6) is 5.62. The maximum Gasteiger partial charge on any atom is 0.273 e. The summed E-state index contributed by atoms with van der Waals surface area (Å²) in [6, 6.07) is 5.46.